The molecule has 0 saturated carbocycles. The third-order valence-corrected chi connectivity index (χ3v) is 5.16. The Hall–Kier alpha value is -1.65. The monoisotopic (exact) mass is 301 g/mol. The van der Waals surface area contributed by atoms with Crippen LogP contribution < -0.4 is 5.32 Å². The molecular formula is C17H19NO2S. The van der Waals surface area contributed by atoms with Crippen molar-refractivity contribution in [1.82, 2.24) is 5.32 Å². The third-order valence-electron chi connectivity index (χ3n) is 4.03. The molecule has 0 aromatic heterocycles. The Morgan fingerprint density at radius 2 is 1.81 bits per heavy atom. The predicted molar refractivity (Wildman–Crippen MR) is 84.1 cm³/mol. The van der Waals surface area contributed by atoms with E-state index in [1.807, 2.05) is 12.1 Å². The van der Waals surface area contributed by atoms with Gasteiger partial charge in [0, 0.05) is 25.3 Å². The van der Waals surface area contributed by atoms with E-state index in [1.165, 1.54) is 17.4 Å². The van der Waals surface area contributed by atoms with Crippen LogP contribution in [-0.4, -0.2) is 21.2 Å². The molecule has 1 aliphatic carbocycles. The van der Waals surface area contributed by atoms with Crippen LogP contribution in [0.4, 0.5) is 0 Å². The summed E-state index contributed by atoms with van der Waals surface area (Å²) in [6.07, 6.45) is 2.38. The first-order valence-corrected chi connectivity index (χ1v) is 9.01. The van der Waals surface area contributed by atoms with Gasteiger partial charge in [0.25, 0.3) is 0 Å². The van der Waals surface area contributed by atoms with E-state index in [9.17, 15) is 8.42 Å². The standard InChI is InChI=1S/C17H19NO2S/c1-21(19,20)16-8-6-13(7-9-16)11-18-12-15-10-14-4-2-3-5-17(14)15/h2-9,15,18H,10-12H2,1H3. The molecule has 0 saturated heterocycles. The van der Waals surface area contributed by atoms with E-state index in [4.69, 9.17) is 0 Å². The quantitative estimate of drug-likeness (QED) is 0.923. The molecule has 3 nitrogen and oxygen atoms in total. The molecule has 4 heteroatoms. The fourth-order valence-electron chi connectivity index (χ4n) is 2.79. The molecule has 21 heavy (non-hydrogen) atoms. The van der Waals surface area contributed by atoms with Gasteiger partial charge in [0.2, 0.25) is 0 Å². The molecule has 1 atom stereocenters. The molecule has 1 aliphatic rings. The van der Waals surface area contributed by atoms with Crippen molar-refractivity contribution >= 4 is 9.84 Å². The molecule has 2 aromatic carbocycles. The van der Waals surface area contributed by atoms with Crippen molar-refractivity contribution in [3.8, 4) is 0 Å². The Bertz CT molecular complexity index is 736. The lowest BCUT2D eigenvalue weighted by Gasteiger charge is -2.30. The van der Waals surface area contributed by atoms with Gasteiger partial charge in [0.05, 0.1) is 4.90 Å². The van der Waals surface area contributed by atoms with Crippen LogP contribution in [-0.2, 0) is 22.8 Å². The van der Waals surface area contributed by atoms with Gasteiger partial charge < -0.3 is 5.32 Å². The van der Waals surface area contributed by atoms with E-state index in [0.717, 1.165) is 25.1 Å². The minimum atomic E-state index is -3.10. The Balaban J connectivity index is 1.53. The van der Waals surface area contributed by atoms with Crippen molar-refractivity contribution in [3.05, 3.63) is 65.2 Å². The van der Waals surface area contributed by atoms with E-state index < -0.39 is 9.84 Å². The molecule has 0 fully saturated rings. The Labute approximate surface area is 125 Å². The molecule has 2 aromatic rings. The average molecular weight is 301 g/mol. The van der Waals surface area contributed by atoms with Crippen LogP contribution >= 0.6 is 0 Å². The fraction of sp³-hybridized carbons (Fsp3) is 0.294. The first-order chi connectivity index (χ1) is 10.0. The zero-order chi connectivity index (χ0) is 14.9. The lowest BCUT2D eigenvalue weighted by atomic mass is 9.77. The Morgan fingerprint density at radius 1 is 1.10 bits per heavy atom. The lowest BCUT2D eigenvalue weighted by molar-refractivity contribution is 0.535. The molecule has 0 aliphatic heterocycles. The van der Waals surface area contributed by atoms with Gasteiger partial charge in [-0.05, 0) is 35.2 Å². The van der Waals surface area contributed by atoms with E-state index in [1.54, 1.807) is 12.1 Å². The molecule has 0 bridgehead atoms. The predicted octanol–water partition coefficient (Wildman–Crippen LogP) is 2.52. The van der Waals surface area contributed by atoms with Gasteiger partial charge in [-0.25, -0.2) is 8.42 Å². The van der Waals surface area contributed by atoms with Crippen molar-refractivity contribution in [1.29, 1.82) is 0 Å². The summed E-state index contributed by atoms with van der Waals surface area (Å²) in [5.74, 6) is 0.608. The number of rotatable bonds is 5. The first-order valence-electron chi connectivity index (χ1n) is 7.11. The van der Waals surface area contributed by atoms with Gasteiger partial charge in [-0.2, -0.15) is 0 Å². The molecule has 1 unspecified atom stereocenters. The number of fused-ring (bicyclic) bond motifs is 1. The van der Waals surface area contributed by atoms with Gasteiger partial charge >= 0.3 is 0 Å². The van der Waals surface area contributed by atoms with E-state index in [-0.39, 0.29) is 0 Å². The van der Waals surface area contributed by atoms with Crippen LogP contribution in [0.5, 0.6) is 0 Å². The summed E-state index contributed by atoms with van der Waals surface area (Å²) in [7, 11) is -3.10. The van der Waals surface area contributed by atoms with E-state index in [0.29, 0.717) is 10.8 Å². The molecule has 0 heterocycles. The largest absolute Gasteiger partial charge is 0.312 e. The Kier molecular flexibility index (Phi) is 3.83. The summed E-state index contributed by atoms with van der Waals surface area (Å²) in [4.78, 5) is 0.374. The number of benzene rings is 2. The molecule has 0 radical (unpaired) electrons. The van der Waals surface area contributed by atoms with Crippen molar-refractivity contribution in [2.75, 3.05) is 12.8 Å². The molecule has 110 valence electrons. The van der Waals surface area contributed by atoms with Crippen LogP contribution in [0.1, 0.15) is 22.6 Å². The summed E-state index contributed by atoms with van der Waals surface area (Å²) in [5, 5.41) is 3.45. The average Bonchev–Trinajstić information content (AvgIpc) is 2.43. The highest BCUT2D eigenvalue weighted by atomic mass is 32.2. The Morgan fingerprint density at radius 3 is 2.48 bits per heavy atom. The maximum atomic E-state index is 11.4. The molecular weight excluding hydrogens is 282 g/mol. The van der Waals surface area contributed by atoms with Crippen LogP contribution in [0.3, 0.4) is 0 Å². The van der Waals surface area contributed by atoms with Crippen molar-refractivity contribution in [2.45, 2.75) is 23.8 Å². The smallest absolute Gasteiger partial charge is 0.175 e. The van der Waals surface area contributed by atoms with Gasteiger partial charge in [0.15, 0.2) is 9.84 Å². The van der Waals surface area contributed by atoms with Crippen LogP contribution in [0, 0.1) is 0 Å². The maximum absolute atomic E-state index is 11.4. The second-order valence-electron chi connectivity index (χ2n) is 5.65. The van der Waals surface area contributed by atoms with Crippen LogP contribution in [0.25, 0.3) is 0 Å². The number of hydrogen-bond acceptors (Lipinski definition) is 3. The molecule has 3 rings (SSSR count). The van der Waals surface area contributed by atoms with Crippen LogP contribution in [0.15, 0.2) is 53.4 Å². The second-order valence-corrected chi connectivity index (χ2v) is 7.66. The summed E-state index contributed by atoms with van der Waals surface area (Å²) in [6.45, 7) is 1.73. The van der Waals surface area contributed by atoms with Crippen molar-refractivity contribution in [2.24, 2.45) is 0 Å². The minimum absolute atomic E-state index is 0.374. The normalized spacial score (nSPS) is 17.1. The molecule has 0 amide bonds. The van der Waals surface area contributed by atoms with E-state index >= 15 is 0 Å². The number of sulfone groups is 1. The van der Waals surface area contributed by atoms with Gasteiger partial charge in [-0.15, -0.1) is 0 Å². The number of nitrogens with one attached hydrogen (secondary N) is 1. The number of hydrogen-bond donors (Lipinski definition) is 1. The zero-order valence-corrected chi connectivity index (χ0v) is 12.9. The third kappa shape index (κ3) is 3.17. The van der Waals surface area contributed by atoms with Crippen LogP contribution in [0.2, 0.25) is 0 Å². The topological polar surface area (TPSA) is 46.2 Å². The highest BCUT2D eigenvalue weighted by Gasteiger charge is 2.24. The lowest BCUT2D eigenvalue weighted by Crippen LogP contribution is -2.28. The van der Waals surface area contributed by atoms with E-state index in [2.05, 4.69) is 29.6 Å². The first kappa shape index (κ1) is 14.3. The summed E-state index contributed by atoms with van der Waals surface area (Å²) >= 11 is 0. The van der Waals surface area contributed by atoms with Gasteiger partial charge in [0.1, 0.15) is 0 Å². The maximum Gasteiger partial charge on any atom is 0.175 e. The highest BCUT2D eigenvalue weighted by Crippen LogP contribution is 2.33. The molecule has 1 N–H and O–H groups in total. The fourth-order valence-corrected chi connectivity index (χ4v) is 3.42. The summed E-state index contributed by atoms with van der Waals surface area (Å²) < 4.78 is 22.8. The van der Waals surface area contributed by atoms with Crippen molar-refractivity contribution < 1.29 is 8.42 Å². The second kappa shape index (κ2) is 5.62. The van der Waals surface area contributed by atoms with Gasteiger partial charge in [-0.1, -0.05) is 36.4 Å². The molecule has 0 spiro atoms. The SMILES string of the molecule is CS(=O)(=O)c1ccc(CNCC2Cc3ccccc32)cc1. The minimum Gasteiger partial charge on any atom is -0.312 e. The van der Waals surface area contributed by atoms with Gasteiger partial charge in [-0.3, -0.25) is 0 Å². The highest BCUT2D eigenvalue weighted by molar-refractivity contribution is 7.90. The zero-order valence-electron chi connectivity index (χ0n) is 12.0. The summed E-state index contributed by atoms with van der Waals surface area (Å²) in [5.41, 5.74) is 4.02. The van der Waals surface area contributed by atoms with Crippen molar-refractivity contribution in [3.63, 3.8) is 0 Å². The summed E-state index contributed by atoms with van der Waals surface area (Å²) in [6, 6.07) is 15.7.